The molecule has 3 heteroatoms. The molecule has 1 aliphatic heterocycles. The SMILES string of the molecule is CCOc1ccc(C2(C(C)(C)C#N)COC2)cc1C. The van der Waals surface area contributed by atoms with Crippen molar-refractivity contribution in [3.8, 4) is 11.8 Å². The van der Waals surface area contributed by atoms with Gasteiger partial charge in [0.05, 0.1) is 36.7 Å². The molecular formula is C16H21NO2. The summed E-state index contributed by atoms with van der Waals surface area (Å²) in [6, 6.07) is 8.63. The first-order valence-corrected chi connectivity index (χ1v) is 6.70. The molecular weight excluding hydrogens is 238 g/mol. The van der Waals surface area contributed by atoms with E-state index in [1.165, 1.54) is 5.56 Å². The normalized spacial score (nSPS) is 17.4. The summed E-state index contributed by atoms with van der Waals surface area (Å²) in [4.78, 5) is 0. The van der Waals surface area contributed by atoms with E-state index in [2.05, 4.69) is 18.2 Å². The van der Waals surface area contributed by atoms with Crippen LogP contribution in [0.4, 0.5) is 0 Å². The van der Waals surface area contributed by atoms with Gasteiger partial charge >= 0.3 is 0 Å². The Balaban J connectivity index is 2.41. The molecule has 102 valence electrons. The van der Waals surface area contributed by atoms with Gasteiger partial charge in [0.2, 0.25) is 0 Å². The first-order valence-electron chi connectivity index (χ1n) is 6.70. The van der Waals surface area contributed by atoms with E-state index >= 15 is 0 Å². The van der Waals surface area contributed by atoms with Crippen LogP contribution < -0.4 is 4.74 Å². The van der Waals surface area contributed by atoms with Crippen LogP contribution in [-0.2, 0) is 10.2 Å². The van der Waals surface area contributed by atoms with E-state index in [9.17, 15) is 5.26 Å². The molecule has 0 radical (unpaired) electrons. The van der Waals surface area contributed by atoms with Crippen LogP contribution in [0.1, 0.15) is 31.9 Å². The molecule has 0 amide bonds. The molecule has 1 fully saturated rings. The molecule has 1 aliphatic rings. The van der Waals surface area contributed by atoms with Gasteiger partial charge in [-0.25, -0.2) is 0 Å². The molecule has 19 heavy (non-hydrogen) atoms. The minimum absolute atomic E-state index is 0.197. The monoisotopic (exact) mass is 259 g/mol. The van der Waals surface area contributed by atoms with Gasteiger partial charge < -0.3 is 9.47 Å². The van der Waals surface area contributed by atoms with Gasteiger partial charge in [0.25, 0.3) is 0 Å². The van der Waals surface area contributed by atoms with Gasteiger partial charge in [-0.2, -0.15) is 5.26 Å². The summed E-state index contributed by atoms with van der Waals surface area (Å²) < 4.78 is 11.0. The second-order valence-electron chi connectivity index (χ2n) is 5.72. The quantitative estimate of drug-likeness (QED) is 0.833. The van der Waals surface area contributed by atoms with Gasteiger partial charge in [0.15, 0.2) is 0 Å². The van der Waals surface area contributed by atoms with Gasteiger partial charge in [-0.15, -0.1) is 0 Å². The van der Waals surface area contributed by atoms with E-state index in [-0.39, 0.29) is 5.41 Å². The van der Waals surface area contributed by atoms with Gasteiger partial charge in [-0.3, -0.25) is 0 Å². The van der Waals surface area contributed by atoms with Gasteiger partial charge in [0.1, 0.15) is 5.75 Å². The van der Waals surface area contributed by atoms with E-state index in [0.717, 1.165) is 11.3 Å². The zero-order valence-electron chi connectivity index (χ0n) is 12.1. The lowest BCUT2D eigenvalue weighted by Gasteiger charge is -2.49. The largest absolute Gasteiger partial charge is 0.494 e. The van der Waals surface area contributed by atoms with Crippen LogP contribution >= 0.6 is 0 Å². The van der Waals surface area contributed by atoms with Crippen LogP contribution in [0.2, 0.25) is 0 Å². The van der Waals surface area contributed by atoms with Crippen molar-refractivity contribution in [3.63, 3.8) is 0 Å². The summed E-state index contributed by atoms with van der Waals surface area (Å²) in [6.45, 7) is 9.89. The zero-order valence-corrected chi connectivity index (χ0v) is 12.1. The maximum atomic E-state index is 9.43. The molecule has 0 aliphatic carbocycles. The third-order valence-corrected chi connectivity index (χ3v) is 4.20. The topological polar surface area (TPSA) is 42.2 Å². The molecule has 1 heterocycles. The van der Waals surface area contributed by atoms with E-state index in [4.69, 9.17) is 9.47 Å². The van der Waals surface area contributed by atoms with Crippen LogP contribution in [0, 0.1) is 23.7 Å². The molecule has 0 spiro atoms. The Morgan fingerprint density at radius 3 is 2.53 bits per heavy atom. The first-order chi connectivity index (χ1) is 8.97. The molecule has 1 saturated heterocycles. The Labute approximate surface area is 115 Å². The summed E-state index contributed by atoms with van der Waals surface area (Å²) in [5.74, 6) is 0.913. The molecule has 0 aromatic heterocycles. The minimum atomic E-state index is -0.440. The minimum Gasteiger partial charge on any atom is -0.494 e. The molecule has 3 nitrogen and oxygen atoms in total. The number of aryl methyl sites for hydroxylation is 1. The summed E-state index contributed by atoms with van der Waals surface area (Å²) in [7, 11) is 0. The Morgan fingerprint density at radius 1 is 1.42 bits per heavy atom. The number of hydrogen-bond acceptors (Lipinski definition) is 3. The molecule has 0 unspecified atom stereocenters. The lowest BCUT2D eigenvalue weighted by molar-refractivity contribution is -0.102. The highest BCUT2D eigenvalue weighted by Gasteiger charge is 2.52. The Hall–Kier alpha value is -1.53. The standard InChI is InChI=1S/C16H21NO2/c1-5-19-14-7-6-13(8-12(14)2)16(10-18-11-16)15(3,4)9-17/h6-8H,5,10-11H2,1-4H3. The van der Waals surface area contributed by atoms with Gasteiger partial charge in [-0.05, 0) is 44.9 Å². The third kappa shape index (κ3) is 2.11. The second-order valence-corrected chi connectivity index (χ2v) is 5.72. The van der Waals surface area contributed by atoms with E-state index in [1.54, 1.807) is 0 Å². The van der Waals surface area contributed by atoms with Crippen molar-refractivity contribution in [2.75, 3.05) is 19.8 Å². The van der Waals surface area contributed by atoms with Crippen molar-refractivity contribution in [2.45, 2.75) is 33.1 Å². The van der Waals surface area contributed by atoms with E-state index < -0.39 is 5.41 Å². The fourth-order valence-corrected chi connectivity index (χ4v) is 2.57. The van der Waals surface area contributed by atoms with Crippen molar-refractivity contribution >= 4 is 0 Å². The number of benzene rings is 1. The lowest BCUT2D eigenvalue weighted by Crippen LogP contribution is -2.56. The molecule has 1 aromatic rings. The fraction of sp³-hybridized carbons (Fsp3) is 0.562. The zero-order chi connectivity index (χ0) is 14.1. The highest BCUT2D eigenvalue weighted by Crippen LogP contribution is 2.47. The van der Waals surface area contributed by atoms with E-state index in [1.807, 2.05) is 33.8 Å². The maximum Gasteiger partial charge on any atom is 0.122 e. The highest BCUT2D eigenvalue weighted by molar-refractivity contribution is 5.42. The average molecular weight is 259 g/mol. The molecule has 0 atom stereocenters. The van der Waals surface area contributed by atoms with Crippen LogP contribution in [0.15, 0.2) is 18.2 Å². The predicted molar refractivity (Wildman–Crippen MR) is 74.2 cm³/mol. The average Bonchev–Trinajstić information content (AvgIpc) is 2.31. The molecule has 0 saturated carbocycles. The third-order valence-electron chi connectivity index (χ3n) is 4.20. The molecule has 2 rings (SSSR count). The summed E-state index contributed by atoms with van der Waals surface area (Å²) in [6.07, 6.45) is 0. The molecule has 1 aromatic carbocycles. The first kappa shape index (κ1) is 13.9. The fourth-order valence-electron chi connectivity index (χ4n) is 2.57. The molecule has 0 bridgehead atoms. The van der Waals surface area contributed by atoms with Crippen molar-refractivity contribution < 1.29 is 9.47 Å². The second kappa shape index (κ2) is 4.86. The Bertz CT molecular complexity index is 510. The Morgan fingerprint density at radius 2 is 2.11 bits per heavy atom. The van der Waals surface area contributed by atoms with Crippen molar-refractivity contribution in [1.82, 2.24) is 0 Å². The number of hydrogen-bond donors (Lipinski definition) is 0. The number of ether oxygens (including phenoxy) is 2. The van der Waals surface area contributed by atoms with Crippen LogP contribution in [0.5, 0.6) is 5.75 Å². The number of nitriles is 1. The van der Waals surface area contributed by atoms with E-state index in [0.29, 0.717) is 19.8 Å². The summed E-state index contributed by atoms with van der Waals surface area (Å²) >= 11 is 0. The molecule has 0 N–H and O–H groups in total. The van der Waals surface area contributed by atoms with Gasteiger partial charge in [-0.1, -0.05) is 12.1 Å². The van der Waals surface area contributed by atoms with Crippen LogP contribution in [0.3, 0.4) is 0 Å². The number of rotatable bonds is 4. The summed E-state index contributed by atoms with van der Waals surface area (Å²) in [5.41, 5.74) is 1.65. The van der Waals surface area contributed by atoms with Crippen molar-refractivity contribution in [1.29, 1.82) is 5.26 Å². The van der Waals surface area contributed by atoms with Crippen molar-refractivity contribution in [2.24, 2.45) is 5.41 Å². The Kier molecular flexibility index (Phi) is 3.56. The van der Waals surface area contributed by atoms with Gasteiger partial charge in [0, 0.05) is 0 Å². The lowest BCUT2D eigenvalue weighted by atomic mass is 9.61. The maximum absolute atomic E-state index is 9.43. The predicted octanol–water partition coefficient (Wildman–Crippen LogP) is 3.21. The van der Waals surface area contributed by atoms with Crippen molar-refractivity contribution in [3.05, 3.63) is 29.3 Å². The van der Waals surface area contributed by atoms with Crippen LogP contribution in [-0.4, -0.2) is 19.8 Å². The smallest absolute Gasteiger partial charge is 0.122 e. The summed E-state index contributed by atoms with van der Waals surface area (Å²) in [5, 5.41) is 9.43. The number of nitrogens with zero attached hydrogens (tertiary/aromatic N) is 1. The highest BCUT2D eigenvalue weighted by atomic mass is 16.5. The van der Waals surface area contributed by atoms with Crippen LogP contribution in [0.25, 0.3) is 0 Å².